The predicted molar refractivity (Wildman–Crippen MR) is 76.6 cm³/mol. The lowest BCUT2D eigenvalue weighted by Gasteiger charge is -2.16. The maximum absolute atomic E-state index is 12.2. The first-order valence-electron chi connectivity index (χ1n) is 6.87. The smallest absolute Gasteiger partial charge is 0.251 e. The van der Waals surface area contributed by atoms with Crippen molar-refractivity contribution in [1.29, 1.82) is 0 Å². The number of carbonyl (C=O) groups is 1. The molecular formula is C15H18N4O. The van der Waals surface area contributed by atoms with Gasteiger partial charge in [-0.1, -0.05) is 0 Å². The van der Waals surface area contributed by atoms with Gasteiger partial charge < -0.3 is 15.6 Å². The molecule has 1 unspecified atom stereocenters. The summed E-state index contributed by atoms with van der Waals surface area (Å²) in [5.41, 5.74) is 7.35. The molecule has 1 heterocycles. The van der Waals surface area contributed by atoms with Crippen LogP contribution < -0.4 is 11.1 Å². The molecule has 0 spiro atoms. The molecule has 3 rings (SSSR count). The van der Waals surface area contributed by atoms with Gasteiger partial charge in [0.15, 0.2) is 0 Å². The number of nitrogens with two attached hydrogens (primary N) is 1. The van der Waals surface area contributed by atoms with Crippen LogP contribution in [0.1, 0.15) is 23.2 Å². The zero-order valence-corrected chi connectivity index (χ0v) is 11.2. The number of hydrogen-bond donors (Lipinski definition) is 2. The summed E-state index contributed by atoms with van der Waals surface area (Å²) in [5.74, 6) is 0.513. The summed E-state index contributed by atoms with van der Waals surface area (Å²) in [6, 6.07) is 7.57. The Hall–Kier alpha value is -2.14. The van der Waals surface area contributed by atoms with Crippen LogP contribution in [0.15, 0.2) is 43.0 Å². The molecule has 1 aromatic heterocycles. The van der Waals surface area contributed by atoms with Crippen molar-refractivity contribution in [3.8, 4) is 5.69 Å². The third-order valence-electron chi connectivity index (χ3n) is 3.69. The van der Waals surface area contributed by atoms with Crippen LogP contribution in [0.25, 0.3) is 5.69 Å². The van der Waals surface area contributed by atoms with Crippen molar-refractivity contribution in [2.45, 2.75) is 18.9 Å². The molecule has 1 aliphatic carbocycles. The number of carbonyl (C=O) groups excluding carboxylic acids is 1. The van der Waals surface area contributed by atoms with E-state index in [4.69, 9.17) is 5.73 Å². The summed E-state index contributed by atoms with van der Waals surface area (Å²) >= 11 is 0. The number of hydrogen-bond acceptors (Lipinski definition) is 3. The van der Waals surface area contributed by atoms with Crippen LogP contribution in [0.4, 0.5) is 0 Å². The molecule has 20 heavy (non-hydrogen) atoms. The average molecular weight is 270 g/mol. The van der Waals surface area contributed by atoms with Crippen LogP contribution in [0.3, 0.4) is 0 Å². The summed E-state index contributed by atoms with van der Waals surface area (Å²) in [6.45, 7) is 0.503. The van der Waals surface area contributed by atoms with E-state index in [0.29, 0.717) is 18.0 Å². The fourth-order valence-electron chi connectivity index (χ4n) is 2.32. The monoisotopic (exact) mass is 270 g/mol. The van der Waals surface area contributed by atoms with Gasteiger partial charge >= 0.3 is 0 Å². The molecule has 1 fully saturated rings. The van der Waals surface area contributed by atoms with Crippen LogP contribution in [0, 0.1) is 5.92 Å². The predicted octanol–water partition coefficient (Wildman–Crippen LogP) is 1.34. The molecule has 2 aromatic rings. The Bertz CT molecular complexity index is 572. The molecule has 0 radical (unpaired) electrons. The second-order valence-electron chi connectivity index (χ2n) is 5.17. The van der Waals surface area contributed by atoms with E-state index in [0.717, 1.165) is 5.69 Å². The molecule has 3 N–H and O–H groups in total. The molecule has 0 aliphatic heterocycles. The Labute approximate surface area is 117 Å². The second-order valence-corrected chi connectivity index (χ2v) is 5.17. The van der Waals surface area contributed by atoms with Crippen molar-refractivity contribution >= 4 is 5.91 Å². The second kappa shape index (κ2) is 5.46. The SMILES string of the molecule is NCC(NC(=O)c1ccc(-n2ccnc2)cc1)C1CC1. The van der Waals surface area contributed by atoms with Gasteiger partial charge in [-0.15, -0.1) is 0 Å². The summed E-state index contributed by atoms with van der Waals surface area (Å²) in [4.78, 5) is 16.2. The first-order valence-corrected chi connectivity index (χ1v) is 6.87. The van der Waals surface area contributed by atoms with Crippen LogP contribution in [-0.4, -0.2) is 28.0 Å². The average Bonchev–Trinajstić information content (AvgIpc) is 3.18. The van der Waals surface area contributed by atoms with E-state index in [2.05, 4.69) is 10.3 Å². The van der Waals surface area contributed by atoms with Crippen molar-refractivity contribution in [2.75, 3.05) is 6.54 Å². The van der Waals surface area contributed by atoms with Gasteiger partial charge in [-0.05, 0) is 43.0 Å². The zero-order chi connectivity index (χ0) is 13.9. The van der Waals surface area contributed by atoms with E-state index in [1.807, 2.05) is 35.0 Å². The van der Waals surface area contributed by atoms with Crippen LogP contribution in [0.5, 0.6) is 0 Å². The third-order valence-corrected chi connectivity index (χ3v) is 3.69. The van der Waals surface area contributed by atoms with Crippen molar-refractivity contribution in [2.24, 2.45) is 11.7 Å². The lowest BCUT2D eigenvalue weighted by atomic mass is 10.1. The summed E-state index contributed by atoms with van der Waals surface area (Å²) < 4.78 is 1.90. The van der Waals surface area contributed by atoms with Gasteiger partial charge in [-0.2, -0.15) is 0 Å². The van der Waals surface area contributed by atoms with E-state index >= 15 is 0 Å². The Morgan fingerprint density at radius 1 is 1.40 bits per heavy atom. The number of aromatic nitrogens is 2. The Kier molecular flexibility index (Phi) is 3.52. The largest absolute Gasteiger partial charge is 0.348 e. The number of benzene rings is 1. The molecule has 0 saturated heterocycles. The summed E-state index contributed by atoms with van der Waals surface area (Å²) in [7, 11) is 0. The first kappa shape index (κ1) is 12.9. The minimum atomic E-state index is -0.0514. The van der Waals surface area contributed by atoms with Gasteiger partial charge in [-0.3, -0.25) is 4.79 Å². The van der Waals surface area contributed by atoms with Gasteiger partial charge in [0.2, 0.25) is 0 Å². The first-order chi connectivity index (χ1) is 9.78. The number of rotatable bonds is 5. The van der Waals surface area contributed by atoms with E-state index in [1.54, 1.807) is 12.5 Å². The Morgan fingerprint density at radius 3 is 2.70 bits per heavy atom. The number of nitrogens with zero attached hydrogens (tertiary/aromatic N) is 2. The molecular weight excluding hydrogens is 252 g/mol. The topological polar surface area (TPSA) is 72.9 Å². The van der Waals surface area contributed by atoms with Crippen molar-refractivity contribution in [3.63, 3.8) is 0 Å². The van der Waals surface area contributed by atoms with Gasteiger partial charge in [0.25, 0.3) is 5.91 Å². The van der Waals surface area contributed by atoms with E-state index in [-0.39, 0.29) is 11.9 Å². The van der Waals surface area contributed by atoms with Crippen LogP contribution >= 0.6 is 0 Å². The molecule has 1 saturated carbocycles. The lowest BCUT2D eigenvalue weighted by molar-refractivity contribution is 0.0933. The normalized spacial score (nSPS) is 15.8. The summed E-state index contributed by atoms with van der Waals surface area (Å²) in [6.07, 6.45) is 7.66. The number of nitrogens with one attached hydrogen (secondary N) is 1. The van der Waals surface area contributed by atoms with Crippen LogP contribution in [-0.2, 0) is 0 Å². The van der Waals surface area contributed by atoms with Gasteiger partial charge in [0.1, 0.15) is 0 Å². The highest BCUT2D eigenvalue weighted by atomic mass is 16.1. The fourth-order valence-corrected chi connectivity index (χ4v) is 2.32. The number of imidazole rings is 1. The van der Waals surface area contributed by atoms with Gasteiger partial charge in [-0.25, -0.2) is 4.98 Å². The molecule has 1 amide bonds. The molecule has 5 nitrogen and oxygen atoms in total. The van der Waals surface area contributed by atoms with Gasteiger partial charge in [0.05, 0.1) is 6.33 Å². The number of amides is 1. The minimum Gasteiger partial charge on any atom is -0.348 e. The zero-order valence-electron chi connectivity index (χ0n) is 11.2. The molecule has 5 heteroatoms. The molecule has 1 aromatic carbocycles. The van der Waals surface area contributed by atoms with Crippen LogP contribution in [0.2, 0.25) is 0 Å². The van der Waals surface area contributed by atoms with Crippen molar-refractivity contribution in [1.82, 2.24) is 14.9 Å². The van der Waals surface area contributed by atoms with Crippen molar-refractivity contribution < 1.29 is 4.79 Å². The highest BCUT2D eigenvalue weighted by Crippen LogP contribution is 2.32. The standard InChI is InChI=1S/C15H18N4O/c16-9-14(11-1-2-11)18-15(20)12-3-5-13(6-4-12)19-8-7-17-10-19/h3-8,10-11,14H,1-2,9,16H2,(H,18,20). The molecule has 1 aliphatic rings. The van der Waals surface area contributed by atoms with E-state index in [1.165, 1.54) is 12.8 Å². The fraction of sp³-hybridized carbons (Fsp3) is 0.333. The third kappa shape index (κ3) is 2.72. The highest BCUT2D eigenvalue weighted by Gasteiger charge is 2.31. The lowest BCUT2D eigenvalue weighted by Crippen LogP contribution is -2.41. The molecule has 0 bridgehead atoms. The molecule has 104 valence electrons. The highest BCUT2D eigenvalue weighted by molar-refractivity contribution is 5.94. The minimum absolute atomic E-state index is 0.0514. The van der Waals surface area contributed by atoms with E-state index in [9.17, 15) is 4.79 Å². The quantitative estimate of drug-likeness (QED) is 0.861. The Balaban J connectivity index is 1.69. The Morgan fingerprint density at radius 2 is 2.15 bits per heavy atom. The van der Waals surface area contributed by atoms with Gasteiger partial charge in [0, 0.05) is 36.2 Å². The maximum atomic E-state index is 12.2. The van der Waals surface area contributed by atoms with Crippen molar-refractivity contribution in [3.05, 3.63) is 48.5 Å². The van der Waals surface area contributed by atoms with E-state index < -0.39 is 0 Å². The summed E-state index contributed by atoms with van der Waals surface area (Å²) in [5, 5.41) is 3.02. The maximum Gasteiger partial charge on any atom is 0.251 e. The molecule has 1 atom stereocenters.